The average Bonchev–Trinajstić information content (AvgIpc) is 2.65. The summed E-state index contributed by atoms with van der Waals surface area (Å²) in [6.07, 6.45) is 5.88. The molecule has 1 saturated carbocycles. The summed E-state index contributed by atoms with van der Waals surface area (Å²) in [5, 5.41) is 32.0. The summed E-state index contributed by atoms with van der Waals surface area (Å²) < 4.78 is 5.47. The zero-order chi connectivity index (χ0) is 13.7. The van der Waals surface area contributed by atoms with Crippen molar-refractivity contribution in [3.8, 4) is 0 Å². The second-order valence-electron chi connectivity index (χ2n) is 5.83. The van der Waals surface area contributed by atoms with E-state index in [0.717, 1.165) is 0 Å². The van der Waals surface area contributed by atoms with Crippen LogP contribution in [-0.2, 0) is 4.74 Å². The summed E-state index contributed by atoms with van der Waals surface area (Å²) in [7, 11) is 0. The molecule has 112 valence electrons. The van der Waals surface area contributed by atoms with Crippen LogP contribution in [-0.4, -0.2) is 58.9 Å². The third-order valence-corrected chi connectivity index (χ3v) is 4.35. The number of hydrogen-bond donors (Lipinski definition) is 4. The largest absolute Gasteiger partial charge is 0.394 e. The van der Waals surface area contributed by atoms with Gasteiger partial charge in [0.1, 0.15) is 18.3 Å². The molecule has 0 spiro atoms. The lowest BCUT2D eigenvalue weighted by Crippen LogP contribution is -2.41. The van der Waals surface area contributed by atoms with Crippen molar-refractivity contribution < 1.29 is 20.1 Å². The Morgan fingerprint density at radius 3 is 2.05 bits per heavy atom. The highest BCUT2D eigenvalue weighted by Crippen LogP contribution is 2.22. The lowest BCUT2D eigenvalue weighted by atomic mass is 9.96. The average molecular weight is 273 g/mol. The van der Waals surface area contributed by atoms with Gasteiger partial charge in [-0.3, -0.25) is 0 Å². The molecule has 2 rings (SSSR count). The van der Waals surface area contributed by atoms with Crippen molar-refractivity contribution in [2.75, 3.05) is 13.2 Å². The molecule has 5 nitrogen and oxygen atoms in total. The van der Waals surface area contributed by atoms with E-state index in [0.29, 0.717) is 12.6 Å². The first-order chi connectivity index (χ1) is 9.22. The summed E-state index contributed by atoms with van der Waals surface area (Å²) >= 11 is 0. The molecule has 0 aromatic carbocycles. The monoisotopic (exact) mass is 273 g/mol. The number of nitrogens with one attached hydrogen (secondary N) is 1. The molecule has 1 saturated heterocycles. The van der Waals surface area contributed by atoms with E-state index in [9.17, 15) is 10.2 Å². The van der Waals surface area contributed by atoms with Crippen LogP contribution in [0.2, 0.25) is 0 Å². The summed E-state index contributed by atoms with van der Waals surface area (Å²) in [6, 6.07) is 0.487. The van der Waals surface area contributed by atoms with Crippen molar-refractivity contribution in [1.82, 2.24) is 5.32 Å². The van der Waals surface area contributed by atoms with Gasteiger partial charge in [-0.25, -0.2) is 0 Å². The minimum Gasteiger partial charge on any atom is -0.394 e. The molecule has 19 heavy (non-hydrogen) atoms. The predicted molar refractivity (Wildman–Crippen MR) is 71.9 cm³/mol. The Bertz CT molecular complexity index is 256. The third-order valence-electron chi connectivity index (χ3n) is 4.35. The van der Waals surface area contributed by atoms with Crippen molar-refractivity contribution in [3.05, 3.63) is 0 Å². The zero-order valence-corrected chi connectivity index (χ0v) is 11.5. The van der Waals surface area contributed by atoms with Crippen LogP contribution in [0.4, 0.5) is 0 Å². The molecule has 1 aliphatic heterocycles. The van der Waals surface area contributed by atoms with Crippen LogP contribution < -0.4 is 5.32 Å². The van der Waals surface area contributed by atoms with Crippen molar-refractivity contribution in [3.63, 3.8) is 0 Å². The fraction of sp³-hybridized carbons (Fsp3) is 1.00. The van der Waals surface area contributed by atoms with Crippen molar-refractivity contribution >= 4 is 0 Å². The second kappa shape index (κ2) is 7.55. The van der Waals surface area contributed by atoms with Crippen LogP contribution in [0.25, 0.3) is 0 Å². The maximum absolute atomic E-state index is 9.86. The fourth-order valence-corrected chi connectivity index (χ4v) is 3.09. The van der Waals surface area contributed by atoms with Crippen LogP contribution in [0.5, 0.6) is 0 Å². The molecule has 0 radical (unpaired) electrons. The molecule has 0 aromatic heterocycles. The van der Waals surface area contributed by atoms with E-state index in [1.807, 2.05) is 0 Å². The normalized spacial score (nSPS) is 38.1. The standard InChI is InChI=1S/C14H27NO4/c16-9-12-14(18)13(17)11(19-12)8-15-10-6-4-2-1-3-5-7-10/h10-18H,1-9H2/t11-,12-,13-,14-/m1/s1. The van der Waals surface area contributed by atoms with E-state index >= 15 is 0 Å². The SMILES string of the molecule is OC[C@H]1O[C@H](CNC2CCCCCCC2)[C@@H](O)[C@@H]1O. The Hall–Kier alpha value is -0.200. The molecule has 0 bridgehead atoms. The molecule has 5 heteroatoms. The Kier molecular flexibility index (Phi) is 6.04. The molecule has 0 amide bonds. The first-order valence-electron chi connectivity index (χ1n) is 7.58. The van der Waals surface area contributed by atoms with E-state index in [-0.39, 0.29) is 6.61 Å². The highest BCUT2D eigenvalue weighted by Gasteiger charge is 2.42. The van der Waals surface area contributed by atoms with E-state index in [2.05, 4.69) is 5.32 Å². The Morgan fingerprint density at radius 2 is 1.47 bits per heavy atom. The number of rotatable bonds is 4. The Labute approximate surface area is 115 Å². The fourth-order valence-electron chi connectivity index (χ4n) is 3.09. The summed E-state index contributed by atoms with van der Waals surface area (Å²) in [5.41, 5.74) is 0. The molecule has 2 fully saturated rings. The second-order valence-corrected chi connectivity index (χ2v) is 5.83. The number of aliphatic hydroxyl groups is 3. The first-order valence-corrected chi connectivity index (χ1v) is 7.58. The maximum Gasteiger partial charge on any atom is 0.111 e. The van der Waals surface area contributed by atoms with E-state index in [1.165, 1.54) is 44.9 Å². The van der Waals surface area contributed by atoms with Gasteiger partial charge in [-0.05, 0) is 12.8 Å². The van der Waals surface area contributed by atoms with Gasteiger partial charge in [0.15, 0.2) is 0 Å². The summed E-state index contributed by atoms with van der Waals surface area (Å²) in [6.45, 7) is 0.289. The zero-order valence-electron chi connectivity index (χ0n) is 11.5. The van der Waals surface area contributed by atoms with Crippen molar-refractivity contribution in [1.29, 1.82) is 0 Å². The molecule has 0 unspecified atom stereocenters. The molecule has 2 aliphatic rings. The van der Waals surface area contributed by atoms with Gasteiger partial charge in [0, 0.05) is 12.6 Å². The van der Waals surface area contributed by atoms with E-state index < -0.39 is 24.4 Å². The lowest BCUT2D eigenvalue weighted by molar-refractivity contribution is -0.0220. The van der Waals surface area contributed by atoms with Gasteiger partial charge in [-0.15, -0.1) is 0 Å². The molecule has 1 heterocycles. The van der Waals surface area contributed by atoms with Gasteiger partial charge in [-0.1, -0.05) is 32.1 Å². The maximum atomic E-state index is 9.86. The van der Waals surface area contributed by atoms with Gasteiger partial charge in [-0.2, -0.15) is 0 Å². The van der Waals surface area contributed by atoms with Crippen LogP contribution in [0.3, 0.4) is 0 Å². The first kappa shape index (κ1) is 15.2. The van der Waals surface area contributed by atoms with Crippen LogP contribution in [0, 0.1) is 0 Å². The highest BCUT2D eigenvalue weighted by atomic mass is 16.6. The van der Waals surface area contributed by atoms with Gasteiger partial charge in [0.25, 0.3) is 0 Å². The van der Waals surface area contributed by atoms with E-state index in [4.69, 9.17) is 9.84 Å². The van der Waals surface area contributed by atoms with Gasteiger partial charge < -0.3 is 25.4 Å². The number of hydrogen-bond acceptors (Lipinski definition) is 5. The van der Waals surface area contributed by atoms with Crippen LogP contribution in [0.1, 0.15) is 44.9 Å². The smallest absolute Gasteiger partial charge is 0.111 e. The lowest BCUT2D eigenvalue weighted by Gasteiger charge is -2.23. The number of aliphatic hydroxyl groups excluding tert-OH is 3. The Morgan fingerprint density at radius 1 is 0.895 bits per heavy atom. The Balaban J connectivity index is 1.75. The molecule has 4 N–H and O–H groups in total. The molecule has 0 aromatic rings. The van der Waals surface area contributed by atoms with Gasteiger partial charge in [0.2, 0.25) is 0 Å². The molecular formula is C14H27NO4. The highest BCUT2D eigenvalue weighted by molar-refractivity contribution is 4.91. The molecule has 4 atom stereocenters. The van der Waals surface area contributed by atoms with Crippen LogP contribution in [0.15, 0.2) is 0 Å². The van der Waals surface area contributed by atoms with Gasteiger partial charge in [0.05, 0.1) is 12.7 Å². The van der Waals surface area contributed by atoms with Gasteiger partial charge >= 0.3 is 0 Å². The quantitative estimate of drug-likeness (QED) is 0.587. The predicted octanol–water partition coefficient (Wildman–Crippen LogP) is 0.170. The minimum atomic E-state index is -0.978. The van der Waals surface area contributed by atoms with Crippen molar-refractivity contribution in [2.24, 2.45) is 0 Å². The minimum absolute atomic E-state index is 0.252. The third kappa shape index (κ3) is 4.13. The topological polar surface area (TPSA) is 82.0 Å². The summed E-state index contributed by atoms with van der Waals surface area (Å²) in [4.78, 5) is 0. The van der Waals surface area contributed by atoms with Crippen LogP contribution >= 0.6 is 0 Å². The van der Waals surface area contributed by atoms with E-state index in [1.54, 1.807) is 0 Å². The molecular weight excluding hydrogens is 246 g/mol. The molecule has 1 aliphatic carbocycles. The summed E-state index contributed by atoms with van der Waals surface area (Å²) in [5.74, 6) is 0. The number of ether oxygens (including phenoxy) is 1. The van der Waals surface area contributed by atoms with Crippen molar-refractivity contribution in [2.45, 2.75) is 75.4 Å².